The summed E-state index contributed by atoms with van der Waals surface area (Å²) < 4.78 is 0. The van der Waals surface area contributed by atoms with Gasteiger partial charge in [0, 0.05) is 37.0 Å². The summed E-state index contributed by atoms with van der Waals surface area (Å²) in [6, 6.07) is 1.98. The molecule has 0 radical (unpaired) electrons. The lowest BCUT2D eigenvalue weighted by atomic mass is 9.54. The maximum Gasteiger partial charge on any atom is 0.294 e. The van der Waals surface area contributed by atoms with Crippen molar-refractivity contribution in [1.29, 1.82) is 0 Å². The third-order valence-corrected chi connectivity index (χ3v) is 9.28. The molecule has 256 valence electrons. The normalized spacial score (nSPS) is 27.7. The minimum atomic E-state index is -3.06. The topological polar surface area (TPSA) is 264 Å². The van der Waals surface area contributed by atoms with Crippen LogP contribution in [0.5, 0.6) is 5.75 Å². The summed E-state index contributed by atoms with van der Waals surface area (Å²) in [5.74, 6) is -9.29. The quantitative estimate of drug-likeness (QED) is 0.106. The van der Waals surface area contributed by atoms with Crippen LogP contribution in [0.3, 0.4) is 0 Å². The summed E-state index contributed by atoms with van der Waals surface area (Å²) in [5.41, 5.74) is -4.17. The Balaban J connectivity index is 1.77. The number of carbonyl (C=O) groups is 3. The van der Waals surface area contributed by atoms with Crippen LogP contribution < -0.4 is 0 Å². The van der Waals surface area contributed by atoms with Gasteiger partial charge in [-0.1, -0.05) is 19.1 Å². The number of likely N-dealkylation sites (N-methyl/N-ethyl adjacent to an activating group) is 1. The highest BCUT2D eigenvalue weighted by Crippen LogP contribution is 2.56. The van der Waals surface area contributed by atoms with E-state index in [9.17, 15) is 60.1 Å². The van der Waals surface area contributed by atoms with E-state index in [-0.39, 0.29) is 24.4 Å². The standard InChI is InChI=1S/C29H36N4O14/c1-13(31(8-10-46-32(42)43)9-11-47-33(44)45)12-17(35)20-26(38)23(30(3)4)22-25(37)18-14(2)15-6-5-7-16(34)19(15)24(36)21(18)28(40)29(22,41)27(20)39/h5-7,13-14,18,22-23,25,34,36-37,39,41H,8-12H2,1-4H3/t13?,14-,18+,22+,23-,25-,29+/m0/s1. The van der Waals surface area contributed by atoms with E-state index in [2.05, 4.69) is 9.68 Å². The van der Waals surface area contributed by atoms with E-state index in [1.807, 2.05) is 0 Å². The smallest absolute Gasteiger partial charge is 0.294 e. The van der Waals surface area contributed by atoms with Crippen molar-refractivity contribution in [2.75, 3.05) is 40.4 Å². The molecule has 1 aromatic carbocycles. The predicted octanol–water partition coefficient (Wildman–Crippen LogP) is 0.0768. The van der Waals surface area contributed by atoms with Crippen LogP contribution in [0, 0.1) is 32.1 Å². The Kier molecular flexibility index (Phi) is 9.91. The molecular weight excluding hydrogens is 628 g/mol. The Labute approximate surface area is 267 Å². The summed E-state index contributed by atoms with van der Waals surface area (Å²) in [7, 11) is 2.83. The van der Waals surface area contributed by atoms with Crippen molar-refractivity contribution in [3.05, 3.63) is 66.5 Å². The summed E-state index contributed by atoms with van der Waals surface area (Å²) in [6.45, 7) is 1.73. The number of rotatable bonds is 13. The number of hydrogen-bond acceptors (Lipinski definition) is 16. The number of fused-ring (bicyclic) bond motifs is 3. The van der Waals surface area contributed by atoms with Crippen LogP contribution in [0.1, 0.15) is 37.3 Å². The zero-order chi connectivity index (χ0) is 35.1. The zero-order valence-electron chi connectivity index (χ0n) is 25.9. The molecule has 0 saturated heterocycles. The molecule has 1 saturated carbocycles. The third-order valence-electron chi connectivity index (χ3n) is 9.28. The van der Waals surface area contributed by atoms with Crippen molar-refractivity contribution < 1.29 is 59.8 Å². The summed E-state index contributed by atoms with van der Waals surface area (Å²) >= 11 is 0. The number of ketones is 3. The van der Waals surface area contributed by atoms with Gasteiger partial charge in [0.25, 0.3) is 10.2 Å². The van der Waals surface area contributed by atoms with E-state index < -0.39 is 111 Å². The first-order valence-corrected chi connectivity index (χ1v) is 14.6. The van der Waals surface area contributed by atoms with Gasteiger partial charge in [0.1, 0.15) is 36.1 Å². The first-order valence-electron chi connectivity index (χ1n) is 14.6. The van der Waals surface area contributed by atoms with Crippen LogP contribution in [0.2, 0.25) is 0 Å². The lowest BCUT2D eigenvalue weighted by molar-refractivity contribution is -0.758. The lowest BCUT2D eigenvalue weighted by Crippen LogP contribution is -2.70. The molecule has 0 amide bonds. The third kappa shape index (κ3) is 5.99. The highest BCUT2D eigenvalue weighted by molar-refractivity contribution is 6.25. The van der Waals surface area contributed by atoms with Crippen molar-refractivity contribution in [1.82, 2.24) is 9.80 Å². The predicted molar refractivity (Wildman–Crippen MR) is 158 cm³/mol. The number of aliphatic hydroxyl groups is 4. The molecule has 0 bridgehead atoms. The maximum absolute atomic E-state index is 14.2. The molecule has 0 aliphatic heterocycles. The summed E-state index contributed by atoms with van der Waals surface area (Å²) in [6.07, 6.45) is -2.29. The number of phenols is 1. The first-order chi connectivity index (χ1) is 22.0. The number of phenolic OH excluding ortho intramolecular Hbond substituents is 1. The molecule has 3 aliphatic carbocycles. The molecule has 3 aliphatic rings. The van der Waals surface area contributed by atoms with Crippen LogP contribution in [0.4, 0.5) is 0 Å². The number of aromatic hydroxyl groups is 1. The van der Waals surface area contributed by atoms with E-state index in [0.29, 0.717) is 5.56 Å². The van der Waals surface area contributed by atoms with Crippen LogP contribution in [0.25, 0.3) is 5.76 Å². The van der Waals surface area contributed by atoms with E-state index in [1.165, 1.54) is 43.0 Å². The highest BCUT2D eigenvalue weighted by Gasteiger charge is 2.68. The minimum absolute atomic E-state index is 0.0966. The lowest BCUT2D eigenvalue weighted by Gasteiger charge is -2.53. The Bertz CT molecular complexity index is 1540. The van der Waals surface area contributed by atoms with Gasteiger partial charge in [-0.3, -0.25) is 24.2 Å². The number of Topliss-reactive ketones (excluding diaryl/α,β-unsaturated/α-hetero) is 3. The molecule has 47 heavy (non-hydrogen) atoms. The second-order valence-electron chi connectivity index (χ2n) is 12.1. The van der Waals surface area contributed by atoms with Gasteiger partial charge in [-0.2, -0.15) is 0 Å². The second-order valence-corrected chi connectivity index (χ2v) is 12.1. The number of benzene rings is 1. The van der Waals surface area contributed by atoms with Crippen molar-refractivity contribution in [2.24, 2.45) is 11.8 Å². The molecule has 7 atom stereocenters. The molecule has 0 heterocycles. The number of hydrogen-bond donors (Lipinski definition) is 5. The van der Waals surface area contributed by atoms with Gasteiger partial charge in [0.05, 0.1) is 23.6 Å². The molecule has 1 unspecified atom stereocenters. The van der Waals surface area contributed by atoms with Crippen LogP contribution in [-0.2, 0) is 24.1 Å². The van der Waals surface area contributed by atoms with Gasteiger partial charge >= 0.3 is 0 Å². The van der Waals surface area contributed by atoms with Crippen molar-refractivity contribution in [3.63, 3.8) is 0 Å². The van der Waals surface area contributed by atoms with Crippen molar-refractivity contribution in [3.8, 4) is 5.75 Å². The number of carbonyl (C=O) groups excluding carboxylic acids is 3. The van der Waals surface area contributed by atoms with Crippen molar-refractivity contribution >= 4 is 23.1 Å². The maximum atomic E-state index is 14.2. The fraction of sp³-hybridized carbons (Fsp3) is 0.552. The Hall–Kier alpha value is -4.65. The Morgan fingerprint density at radius 2 is 1.64 bits per heavy atom. The molecule has 4 rings (SSSR count). The summed E-state index contributed by atoms with van der Waals surface area (Å²) in [4.78, 5) is 74.4. The largest absolute Gasteiger partial charge is 0.508 e. The molecule has 0 aromatic heterocycles. The van der Waals surface area contributed by atoms with Crippen LogP contribution in [-0.4, -0.2) is 127 Å². The van der Waals surface area contributed by atoms with Crippen LogP contribution >= 0.6 is 0 Å². The van der Waals surface area contributed by atoms with E-state index in [1.54, 1.807) is 13.0 Å². The molecule has 18 heteroatoms. The fourth-order valence-corrected chi connectivity index (χ4v) is 7.12. The average Bonchev–Trinajstić information content (AvgIpc) is 2.97. The average molecular weight is 665 g/mol. The second kappa shape index (κ2) is 13.2. The van der Waals surface area contributed by atoms with Gasteiger partial charge in [0.2, 0.25) is 5.78 Å². The zero-order valence-corrected chi connectivity index (χ0v) is 25.9. The van der Waals surface area contributed by atoms with E-state index in [0.717, 1.165) is 0 Å². The molecular formula is C29H36N4O14. The number of aliphatic hydroxyl groups excluding tert-OH is 3. The van der Waals surface area contributed by atoms with Gasteiger partial charge in [-0.25, -0.2) is 0 Å². The summed E-state index contributed by atoms with van der Waals surface area (Å²) in [5, 5.41) is 76.2. The fourth-order valence-electron chi connectivity index (χ4n) is 7.12. The minimum Gasteiger partial charge on any atom is -0.508 e. The molecule has 0 spiro atoms. The van der Waals surface area contributed by atoms with E-state index in [4.69, 9.17) is 0 Å². The van der Waals surface area contributed by atoms with Gasteiger partial charge in [-0.05, 0) is 38.6 Å². The molecule has 5 N–H and O–H groups in total. The number of nitrogens with zero attached hydrogens (tertiary/aromatic N) is 4. The van der Waals surface area contributed by atoms with Gasteiger partial charge in [0.15, 0.2) is 17.2 Å². The molecule has 1 aromatic rings. The Morgan fingerprint density at radius 3 is 2.17 bits per heavy atom. The first kappa shape index (κ1) is 35.2. The molecule has 1 fully saturated rings. The Morgan fingerprint density at radius 1 is 1.06 bits per heavy atom. The van der Waals surface area contributed by atoms with Crippen LogP contribution in [0.15, 0.2) is 35.1 Å². The van der Waals surface area contributed by atoms with Gasteiger partial charge in [-0.15, -0.1) is 20.2 Å². The molecule has 18 nitrogen and oxygen atoms in total. The van der Waals surface area contributed by atoms with Crippen molar-refractivity contribution in [2.45, 2.75) is 50.0 Å². The monoisotopic (exact) mass is 664 g/mol. The van der Waals surface area contributed by atoms with E-state index >= 15 is 0 Å². The highest BCUT2D eigenvalue weighted by atomic mass is 17.0. The van der Waals surface area contributed by atoms with Gasteiger partial charge < -0.3 is 35.2 Å². The SMILES string of the molecule is CC(CC(=O)C1=C(O)[C@@]2(O)C(=O)C3=C(O)c4c(O)cccc4[C@H](C)[C@H]3[C@H](O)[C@H]2[C@H](N(C)C)C1=O)N(CCO[N+](=O)[O-])CCO[N+](=O)[O-].